The summed E-state index contributed by atoms with van der Waals surface area (Å²) in [4.78, 5) is 0. The Balaban J connectivity index is 4.42. The lowest BCUT2D eigenvalue weighted by Gasteiger charge is -2.31. The van der Waals surface area contributed by atoms with E-state index in [-0.39, 0.29) is 6.42 Å². The van der Waals surface area contributed by atoms with Gasteiger partial charge < -0.3 is 5.11 Å². The Kier molecular flexibility index (Phi) is 6.46. The monoisotopic (exact) mass is 280 g/mol. The summed E-state index contributed by atoms with van der Waals surface area (Å²) in [6.07, 6.45) is 0.992. The van der Waals surface area contributed by atoms with Crippen LogP contribution < -0.4 is 0 Å². The van der Waals surface area contributed by atoms with Crippen molar-refractivity contribution in [3.8, 4) is 0 Å². The minimum atomic E-state index is -5.53. The van der Waals surface area contributed by atoms with E-state index in [1.54, 1.807) is 0 Å². The van der Waals surface area contributed by atoms with Crippen molar-refractivity contribution in [1.29, 1.82) is 0 Å². The number of halogens is 6. The third kappa shape index (κ3) is 4.03. The highest BCUT2D eigenvalue weighted by Crippen LogP contribution is 2.47. The molecule has 1 nitrogen and oxygen atoms in total. The van der Waals surface area contributed by atoms with Gasteiger partial charge in [0.2, 0.25) is 0 Å². The SMILES string of the molecule is CCCCCCCC(F)(F)C(F)(F)C(F)(F)CO. The van der Waals surface area contributed by atoms with E-state index in [4.69, 9.17) is 5.11 Å². The third-order valence-corrected chi connectivity index (χ3v) is 2.71. The number of hydrogen-bond acceptors (Lipinski definition) is 1. The summed E-state index contributed by atoms with van der Waals surface area (Å²) in [6, 6.07) is 0. The summed E-state index contributed by atoms with van der Waals surface area (Å²) in [5, 5.41) is 8.07. The van der Waals surface area contributed by atoms with E-state index in [0.29, 0.717) is 12.8 Å². The van der Waals surface area contributed by atoms with Gasteiger partial charge in [-0.1, -0.05) is 32.6 Å². The number of aliphatic hydroxyl groups excluding tert-OH is 1. The molecule has 18 heavy (non-hydrogen) atoms. The second-order valence-electron chi connectivity index (χ2n) is 4.31. The molecule has 0 saturated heterocycles. The van der Waals surface area contributed by atoms with Crippen molar-refractivity contribution in [3.05, 3.63) is 0 Å². The molecule has 0 atom stereocenters. The molecule has 0 bridgehead atoms. The second kappa shape index (κ2) is 6.63. The summed E-state index contributed by atoms with van der Waals surface area (Å²) in [6.45, 7) is -0.407. The van der Waals surface area contributed by atoms with Gasteiger partial charge in [0.25, 0.3) is 0 Å². The maximum Gasteiger partial charge on any atom is 0.374 e. The molecule has 7 heteroatoms. The number of hydrogen-bond donors (Lipinski definition) is 1. The van der Waals surface area contributed by atoms with Crippen LogP contribution in [0.15, 0.2) is 0 Å². The Hall–Kier alpha value is -0.460. The van der Waals surface area contributed by atoms with Crippen molar-refractivity contribution in [2.45, 2.75) is 63.2 Å². The quantitative estimate of drug-likeness (QED) is 0.494. The molecule has 0 amide bonds. The lowest BCUT2D eigenvalue weighted by molar-refractivity contribution is -0.318. The maximum absolute atomic E-state index is 13.1. The highest BCUT2D eigenvalue weighted by Gasteiger charge is 2.70. The van der Waals surface area contributed by atoms with Crippen molar-refractivity contribution in [2.75, 3.05) is 6.61 Å². The van der Waals surface area contributed by atoms with Crippen molar-refractivity contribution in [1.82, 2.24) is 0 Å². The fraction of sp³-hybridized carbons (Fsp3) is 1.00. The van der Waals surface area contributed by atoms with E-state index in [2.05, 4.69) is 0 Å². The molecule has 0 aliphatic carbocycles. The van der Waals surface area contributed by atoms with E-state index >= 15 is 0 Å². The topological polar surface area (TPSA) is 20.2 Å². The van der Waals surface area contributed by atoms with Crippen LogP contribution in [0, 0.1) is 0 Å². The van der Waals surface area contributed by atoms with Gasteiger partial charge in [0.15, 0.2) is 0 Å². The van der Waals surface area contributed by atoms with E-state index in [1.807, 2.05) is 6.92 Å². The molecule has 0 rings (SSSR count). The van der Waals surface area contributed by atoms with Crippen LogP contribution in [-0.2, 0) is 0 Å². The van der Waals surface area contributed by atoms with Gasteiger partial charge in [0, 0.05) is 6.42 Å². The van der Waals surface area contributed by atoms with Gasteiger partial charge in [-0.3, -0.25) is 0 Å². The van der Waals surface area contributed by atoms with Crippen LogP contribution >= 0.6 is 0 Å². The summed E-state index contributed by atoms with van der Waals surface area (Å²) >= 11 is 0. The molecular formula is C11H18F6O. The largest absolute Gasteiger partial charge is 0.390 e. The Morgan fingerprint density at radius 3 is 1.72 bits per heavy atom. The maximum atomic E-state index is 13.1. The first-order valence-electron chi connectivity index (χ1n) is 5.86. The lowest BCUT2D eigenvalue weighted by Crippen LogP contribution is -2.55. The molecule has 0 saturated carbocycles. The van der Waals surface area contributed by atoms with Crippen LogP contribution in [0.3, 0.4) is 0 Å². The minimum Gasteiger partial charge on any atom is -0.390 e. The Morgan fingerprint density at radius 1 is 0.778 bits per heavy atom. The van der Waals surface area contributed by atoms with Crippen molar-refractivity contribution in [2.24, 2.45) is 0 Å². The summed E-state index contributed by atoms with van der Waals surface area (Å²) in [7, 11) is 0. The van der Waals surface area contributed by atoms with Gasteiger partial charge in [-0.15, -0.1) is 0 Å². The van der Waals surface area contributed by atoms with Crippen molar-refractivity contribution < 1.29 is 31.4 Å². The first-order chi connectivity index (χ1) is 8.12. The summed E-state index contributed by atoms with van der Waals surface area (Å²) < 4.78 is 77.0. The van der Waals surface area contributed by atoms with E-state index < -0.39 is 30.8 Å². The zero-order valence-corrected chi connectivity index (χ0v) is 10.2. The van der Waals surface area contributed by atoms with E-state index in [0.717, 1.165) is 12.8 Å². The van der Waals surface area contributed by atoms with Crippen LogP contribution in [0.4, 0.5) is 26.3 Å². The second-order valence-corrected chi connectivity index (χ2v) is 4.31. The smallest absolute Gasteiger partial charge is 0.374 e. The van der Waals surface area contributed by atoms with E-state index in [1.165, 1.54) is 0 Å². The fourth-order valence-electron chi connectivity index (χ4n) is 1.47. The first-order valence-corrected chi connectivity index (χ1v) is 5.86. The molecule has 0 heterocycles. The zero-order valence-electron chi connectivity index (χ0n) is 10.2. The Labute approximate surface area is 102 Å². The Morgan fingerprint density at radius 2 is 1.28 bits per heavy atom. The van der Waals surface area contributed by atoms with Gasteiger partial charge >= 0.3 is 17.8 Å². The summed E-state index contributed by atoms with van der Waals surface area (Å²) in [5.74, 6) is -15.5. The molecule has 0 radical (unpaired) electrons. The average Bonchev–Trinajstić information content (AvgIpc) is 2.28. The first kappa shape index (κ1) is 17.5. The molecule has 0 aliphatic heterocycles. The molecule has 1 N–H and O–H groups in total. The van der Waals surface area contributed by atoms with Crippen LogP contribution in [0.2, 0.25) is 0 Å². The molecule has 0 unspecified atom stereocenters. The molecule has 110 valence electrons. The molecule has 0 spiro atoms. The van der Waals surface area contributed by atoms with Gasteiger partial charge in [-0.2, -0.15) is 26.3 Å². The Bertz CT molecular complexity index is 242. The average molecular weight is 280 g/mol. The van der Waals surface area contributed by atoms with Crippen LogP contribution in [0.1, 0.15) is 45.4 Å². The normalized spacial score (nSPS) is 14.0. The van der Waals surface area contributed by atoms with Crippen LogP contribution in [0.25, 0.3) is 0 Å². The van der Waals surface area contributed by atoms with Gasteiger partial charge in [0.1, 0.15) is 6.61 Å². The number of aliphatic hydroxyl groups is 1. The summed E-state index contributed by atoms with van der Waals surface area (Å²) in [5.41, 5.74) is 0. The van der Waals surface area contributed by atoms with Crippen molar-refractivity contribution >= 4 is 0 Å². The zero-order chi connectivity index (χ0) is 14.4. The van der Waals surface area contributed by atoms with Gasteiger partial charge in [-0.25, -0.2) is 0 Å². The lowest BCUT2D eigenvalue weighted by atomic mass is 9.98. The standard InChI is InChI=1S/C11H18F6O/c1-2-3-4-5-6-7-9(12,13)11(16,17)10(14,15)8-18/h18H,2-8H2,1H3. The molecule has 0 fully saturated rings. The predicted molar refractivity (Wildman–Crippen MR) is 55.3 cm³/mol. The molecule has 0 aliphatic rings. The van der Waals surface area contributed by atoms with E-state index in [9.17, 15) is 26.3 Å². The fourth-order valence-corrected chi connectivity index (χ4v) is 1.47. The van der Waals surface area contributed by atoms with Crippen molar-refractivity contribution in [3.63, 3.8) is 0 Å². The van der Waals surface area contributed by atoms with Gasteiger partial charge in [-0.05, 0) is 6.42 Å². The molecule has 0 aromatic rings. The predicted octanol–water partition coefficient (Wildman–Crippen LogP) is 4.25. The minimum absolute atomic E-state index is 0.246. The van der Waals surface area contributed by atoms with Crippen LogP contribution in [0.5, 0.6) is 0 Å². The number of unbranched alkanes of at least 4 members (excludes halogenated alkanes) is 4. The number of rotatable bonds is 9. The third-order valence-electron chi connectivity index (χ3n) is 2.71. The molecular weight excluding hydrogens is 262 g/mol. The van der Waals surface area contributed by atoms with Gasteiger partial charge in [0.05, 0.1) is 0 Å². The van der Waals surface area contributed by atoms with Crippen LogP contribution in [-0.4, -0.2) is 29.5 Å². The molecule has 0 aromatic carbocycles. The highest BCUT2D eigenvalue weighted by atomic mass is 19.3. The number of alkyl halides is 6. The highest BCUT2D eigenvalue weighted by molar-refractivity contribution is 4.95. The molecule has 0 aromatic heterocycles.